The highest BCUT2D eigenvalue weighted by atomic mass is 35.5. The maximum absolute atomic E-state index is 12.1. The molecule has 2 N–H and O–H groups in total. The minimum Gasteiger partial charge on any atom is -0.316 e. The summed E-state index contributed by atoms with van der Waals surface area (Å²) in [5.41, 5.74) is 0.999. The average Bonchev–Trinajstić information content (AvgIpc) is 3.18. The summed E-state index contributed by atoms with van der Waals surface area (Å²) in [6, 6.07) is 4.20. The molecule has 1 aliphatic heterocycles. The molecule has 1 fully saturated rings. The summed E-state index contributed by atoms with van der Waals surface area (Å²) in [7, 11) is 0. The second-order valence-corrected chi connectivity index (χ2v) is 8.27. The van der Waals surface area contributed by atoms with Crippen LogP contribution in [0.4, 0.5) is 5.13 Å². The molecule has 0 bridgehead atoms. The lowest BCUT2D eigenvalue weighted by molar-refractivity contribution is -0.116. The highest BCUT2D eigenvalue weighted by Gasteiger charge is 2.17. The lowest BCUT2D eigenvalue weighted by Gasteiger charge is -2.06. The van der Waals surface area contributed by atoms with E-state index < -0.39 is 0 Å². The molecule has 0 aliphatic carbocycles. The number of aryl methyl sites for hydroxylation is 2. The fourth-order valence-electron chi connectivity index (χ4n) is 2.72. The predicted molar refractivity (Wildman–Crippen MR) is 101 cm³/mol. The molecule has 1 saturated heterocycles. The maximum Gasteiger partial charge on any atom is 0.226 e. The normalized spacial score (nSPS) is 17.0. The largest absolute Gasteiger partial charge is 0.316 e. The first kappa shape index (κ1) is 18.4. The van der Waals surface area contributed by atoms with Gasteiger partial charge in [0.05, 0.1) is 10.6 Å². The van der Waals surface area contributed by atoms with E-state index in [1.807, 2.05) is 0 Å². The Balaban J connectivity index is 0.00000192. The number of anilines is 1. The van der Waals surface area contributed by atoms with E-state index in [-0.39, 0.29) is 18.3 Å². The zero-order chi connectivity index (χ0) is 15.5. The number of nitrogens with one attached hydrogen (secondary N) is 2. The summed E-state index contributed by atoms with van der Waals surface area (Å²) in [5.74, 6) is 0.725. The van der Waals surface area contributed by atoms with Crippen molar-refractivity contribution in [1.82, 2.24) is 10.3 Å². The Morgan fingerprint density at radius 3 is 2.87 bits per heavy atom. The van der Waals surface area contributed by atoms with E-state index in [1.165, 1.54) is 16.2 Å². The highest BCUT2D eigenvalue weighted by molar-refractivity contribution is 7.18. The van der Waals surface area contributed by atoms with Crippen molar-refractivity contribution in [2.45, 2.75) is 33.1 Å². The molecule has 1 amide bonds. The van der Waals surface area contributed by atoms with Gasteiger partial charge in [-0.3, -0.25) is 4.79 Å². The van der Waals surface area contributed by atoms with Crippen molar-refractivity contribution in [3.8, 4) is 10.6 Å². The van der Waals surface area contributed by atoms with Crippen LogP contribution in [0.3, 0.4) is 0 Å². The summed E-state index contributed by atoms with van der Waals surface area (Å²) < 4.78 is 0. The number of carbonyl (C=O) groups excluding carboxylic acids is 1. The van der Waals surface area contributed by atoms with Crippen molar-refractivity contribution in [2.24, 2.45) is 5.92 Å². The van der Waals surface area contributed by atoms with Crippen molar-refractivity contribution in [2.75, 3.05) is 18.4 Å². The van der Waals surface area contributed by atoms with Crippen molar-refractivity contribution >= 4 is 46.1 Å². The van der Waals surface area contributed by atoms with Gasteiger partial charge in [-0.05, 0) is 57.8 Å². The molecular formula is C16H22ClN3OS2. The minimum absolute atomic E-state index is 0. The Morgan fingerprint density at radius 1 is 1.39 bits per heavy atom. The summed E-state index contributed by atoms with van der Waals surface area (Å²) >= 11 is 3.29. The molecule has 2 aromatic rings. The van der Waals surface area contributed by atoms with E-state index in [0.29, 0.717) is 17.5 Å². The van der Waals surface area contributed by atoms with Gasteiger partial charge in [0, 0.05) is 16.2 Å². The monoisotopic (exact) mass is 371 g/mol. The zero-order valence-electron chi connectivity index (χ0n) is 13.3. The molecule has 0 aromatic carbocycles. The van der Waals surface area contributed by atoms with Gasteiger partial charge < -0.3 is 10.6 Å². The molecule has 126 valence electrons. The first-order valence-corrected chi connectivity index (χ1v) is 9.30. The number of rotatable bonds is 5. The number of carbonyl (C=O) groups is 1. The van der Waals surface area contributed by atoms with Crippen LogP contribution in [-0.2, 0) is 4.79 Å². The highest BCUT2D eigenvalue weighted by Crippen LogP contribution is 2.34. The molecule has 1 atom stereocenters. The first-order valence-electron chi connectivity index (χ1n) is 7.66. The first-order chi connectivity index (χ1) is 10.6. The quantitative estimate of drug-likeness (QED) is 0.826. The predicted octanol–water partition coefficient (Wildman–Crippen LogP) is 4.24. The summed E-state index contributed by atoms with van der Waals surface area (Å²) in [5, 5.41) is 7.01. The number of hydrogen-bond donors (Lipinski definition) is 2. The molecular weight excluding hydrogens is 350 g/mol. The van der Waals surface area contributed by atoms with Crippen LogP contribution in [0.5, 0.6) is 0 Å². The molecule has 0 spiro atoms. The maximum atomic E-state index is 12.1. The molecule has 2 aromatic heterocycles. The second kappa shape index (κ2) is 8.24. The van der Waals surface area contributed by atoms with Gasteiger partial charge in [-0.1, -0.05) is 0 Å². The van der Waals surface area contributed by atoms with Gasteiger partial charge in [0.2, 0.25) is 5.91 Å². The van der Waals surface area contributed by atoms with Crippen molar-refractivity contribution in [3.63, 3.8) is 0 Å². The molecule has 1 unspecified atom stereocenters. The second-order valence-electron chi connectivity index (χ2n) is 5.78. The zero-order valence-corrected chi connectivity index (χ0v) is 15.8. The van der Waals surface area contributed by atoms with Crippen LogP contribution in [0.15, 0.2) is 12.1 Å². The number of halogens is 1. The number of hydrogen-bond acceptors (Lipinski definition) is 5. The topological polar surface area (TPSA) is 54.0 Å². The van der Waals surface area contributed by atoms with Gasteiger partial charge in [0.15, 0.2) is 5.13 Å². The third kappa shape index (κ3) is 4.76. The van der Waals surface area contributed by atoms with E-state index in [9.17, 15) is 4.79 Å². The Labute approximate surface area is 151 Å². The van der Waals surface area contributed by atoms with Gasteiger partial charge in [-0.25, -0.2) is 4.98 Å². The standard InChI is InChI=1S/C16H21N3OS2.ClH/c1-10-3-5-13(21-10)15-11(2)22-16(19-15)18-14(20)6-4-12-7-8-17-9-12;/h3,5,12,17H,4,6-9H2,1-2H3,(H,18,19,20);1H. The molecule has 4 nitrogen and oxygen atoms in total. The van der Waals surface area contributed by atoms with Crippen LogP contribution in [0, 0.1) is 19.8 Å². The van der Waals surface area contributed by atoms with E-state index >= 15 is 0 Å². The van der Waals surface area contributed by atoms with Crippen LogP contribution in [0.1, 0.15) is 29.0 Å². The number of aromatic nitrogens is 1. The fraction of sp³-hybridized carbons (Fsp3) is 0.500. The van der Waals surface area contributed by atoms with Crippen LogP contribution < -0.4 is 10.6 Å². The number of nitrogens with zero attached hydrogens (tertiary/aromatic N) is 1. The number of thiazole rings is 1. The Morgan fingerprint density at radius 2 is 2.22 bits per heavy atom. The number of thiophene rings is 1. The van der Waals surface area contributed by atoms with Gasteiger partial charge in [-0.2, -0.15) is 0 Å². The van der Waals surface area contributed by atoms with Gasteiger partial charge in [0.25, 0.3) is 0 Å². The molecule has 0 radical (unpaired) electrons. The van der Waals surface area contributed by atoms with E-state index in [4.69, 9.17) is 0 Å². The Hall–Kier alpha value is -0.950. The average molecular weight is 372 g/mol. The van der Waals surface area contributed by atoms with E-state index in [1.54, 1.807) is 22.7 Å². The molecule has 0 saturated carbocycles. The molecule has 3 heterocycles. The Kier molecular flexibility index (Phi) is 6.59. The van der Waals surface area contributed by atoms with Crippen molar-refractivity contribution < 1.29 is 4.79 Å². The lowest BCUT2D eigenvalue weighted by atomic mass is 10.0. The van der Waals surface area contributed by atoms with Crippen molar-refractivity contribution in [1.29, 1.82) is 0 Å². The third-order valence-corrected chi connectivity index (χ3v) is 5.85. The SMILES string of the molecule is Cc1ccc(-c2nc(NC(=O)CCC3CCNC3)sc2C)s1.Cl. The molecule has 3 rings (SSSR count). The smallest absolute Gasteiger partial charge is 0.226 e. The number of amides is 1. The summed E-state index contributed by atoms with van der Waals surface area (Å²) in [6.45, 7) is 6.28. The van der Waals surface area contributed by atoms with E-state index in [2.05, 4.69) is 41.6 Å². The Bertz CT molecular complexity index is 662. The van der Waals surface area contributed by atoms with Crippen LogP contribution >= 0.6 is 35.1 Å². The minimum atomic E-state index is 0. The van der Waals surface area contributed by atoms with Gasteiger partial charge in [-0.15, -0.1) is 35.1 Å². The summed E-state index contributed by atoms with van der Waals surface area (Å²) in [4.78, 5) is 20.3. The third-order valence-electron chi connectivity index (χ3n) is 3.96. The molecule has 7 heteroatoms. The van der Waals surface area contributed by atoms with Gasteiger partial charge in [0.1, 0.15) is 0 Å². The molecule has 23 heavy (non-hydrogen) atoms. The fourth-order valence-corrected chi connectivity index (χ4v) is 4.54. The van der Waals surface area contributed by atoms with Crippen LogP contribution in [0.2, 0.25) is 0 Å². The van der Waals surface area contributed by atoms with Crippen LogP contribution in [-0.4, -0.2) is 24.0 Å². The molecule has 1 aliphatic rings. The van der Waals surface area contributed by atoms with E-state index in [0.717, 1.165) is 30.1 Å². The lowest BCUT2D eigenvalue weighted by Crippen LogP contribution is -2.14. The van der Waals surface area contributed by atoms with Gasteiger partial charge >= 0.3 is 0 Å². The van der Waals surface area contributed by atoms with Crippen LogP contribution in [0.25, 0.3) is 10.6 Å². The summed E-state index contributed by atoms with van der Waals surface area (Å²) in [6.07, 6.45) is 2.73. The van der Waals surface area contributed by atoms with Crippen molar-refractivity contribution in [3.05, 3.63) is 21.9 Å².